The number of nitrogens with zero attached hydrogens (tertiary/aromatic N) is 2. The molecule has 1 saturated heterocycles. The summed E-state index contributed by atoms with van der Waals surface area (Å²) in [6, 6.07) is 12.3. The summed E-state index contributed by atoms with van der Waals surface area (Å²) in [5, 5.41) is 7.28. The molecule has 0 aromatic heterocycles. The van der Waals surface area contributed by atoms with Gasteiger partial charge in [0.2, 0.25) is 5.90 Å². The largest absolute Gasteiger partial charge is 0.486 e. The van der Waals surface area contributed by atoms with Crippen LogP contribution in [-0.2, 0) is 28.8 Å². The molecule has 196 valence electrons. The summed E-state index contributed by atoms with van der Waals surface area (Å²) in [5.41, 5.74) is 0.803. The van der Waals surface area contributed by atoms with Crippen LogP contribution in [0.15, 0.2) is 53.7 Å². The number of rotatable bonds is 10. The fourth-order valence-electron chi connectivity index (χ4n) is 3.71. The molecule has 1 N–H and O–H groups in total. The second-order valence-electron chi connectivity index (χ2n) is 8.82. The summed E-state index contributed by atoms with van der Waals surface area (Å²) in [7, 11) is 3.63. The highest BCUT2D eigenvalue weighted by Gasteiger charge is 2.29. The van der Waals surface area contributed by atoms with Gasteiger partial charge in [0.05, 0.1) is 19.1 Å². The molecule has 2 aromatic rings. The van der Waals surface area contributed by atoms with Crippen molar-refractivity contribution < 1.29 is 27.5 Å². The first-order valence-corrected chi connectivity index (χ1v) is 12.2. The Kier molecular flexibility index (Phi) is 10.4. The van der Waals surface area contributed by atoms with Gasteiger partial charge in [0.25, 0.3) is 0 Å². The van der Waals surface area contributed by atoms with Gasteiger partial charge in [-0.1, -0.05) is 41.6 Å². The first-order valence-electron chi connectivity index (χ1n) is 11.8. The Morgan fingerprint density at radius 2 is 1.69 bits per heavy atom. The number of oxime groups is 1. The average Bonchev–Trinajstić information content (AvgIpc) is 2.87. The Hall–Kier alpha value is -2.85. The second-order valence-corrected chi connectivity index (χ2v) is 9.31. The van der Waals surface area contributed by atoms with Gasteiger partial charge in [-0.25, -0.2) is 0 Å². The van der Waals surface area contributed by atoms with E-state index in [0.29, 0.717) is 41.1 Å². The van der Waals surface area contributed by atoms with Crippen LogP contribution < -0.4 is 10.1 Å². The van der Waals surface area contributed by atoms with Crippen LogP contribution in [0.1, 0.15) is 29.5 Å². The van der Waals surface area contributed by atoms with Crippen molar-refractivity contribution in [1.82, 2.24) is 10.2 Å². The monoisotopic (exact) mass is 523 g/mol. The minimum Gasteiger partial charge on any atom is -0.486 e. The van der Waals surface area contributed by atoms with Crippen molar-refractivity contribution in [1.29, 1.82) is 0 Å². The van der Waals surface area contributed by atoms with Gasteiger partial charge in [-0.3, -0.25) is 0 Å². The Morgan fingerprint density at radius 3 is 2.31 bits per heavy atom. The maximum absolute atomic E-state index is 12.7. The zero-order valence-electron chi connectivity index (χ0n) is 20.5. The quantitative estimate of drug-likeness (QED) is 0.203. The number of hydrogen-bond acceptors (Lipinski definition) is 6. The lowest BCUT2D eigenvalue weighted by Gasteiger charge is -2.29. The molecule has 36 heavy (non-hydrogen) atoms. The van der Waals surface area contributed by atoms with Gasteiger partial charge in [-0.15, -0.1) is 0 Å². The van der Waals surface area contributed by atoms with E-state index in [1.807, 2.05) is 24.3 Å². The van der Waals surface area contributed by atoms with Crippen molar-refractivity contribution in [3.05, 3.63) is 65.2 Å². The predicted octanol–water partition coefficient (Wildman–Crippen LogP) is 5.06. The Balaban J connectivity index is 1.39. The molecule has 6 nitrogen and oxygen atoms in total. The maximum Gasteiger partial charge on any atom is 0.416 e. The van der Waals surface area contributed by atoms with E-state index in [9.17, 15) is 13.2 Å². The van der Waals surface area contributed by atoms with Crippen molar-refractivity contribution in [2.75, 3.05) is 40.4 Å². The van der Waals surface area contributed by atoms with Gasteiger partial charge < -0.3 is 24.5 Å². The fourth-order valence-corrected chi connectivity index (χ4v) is 3.86. The summed E-state index contributed by atoms with van der Waals surface area (Å²) in [6.07, 6.45) is -1.61. The molecule has 2 aromatic carbocycles. The van der Waals surface area contributed by atoms with Crippen molar-refractivity contribution in [3.63, 3.8) is 0 Å². The molecular weight excluding hydrogens is 491 g/mol. The summed E-state index contributed by atoms with van der Waals surface area (Å²) in [4.78, 5) is 8.30. The minimum absolute atomic E-state index is 0.0313. The molecular formula is C26H32F3N3O3S. The molecule has 0 aliphatic carbocycles. The standard InChI is InChI=1S/C26H32F3N3O3S/c1-32-13-11-20(12-14-32)16-30-25(36)18-34-23-9-5-19(6-10-23)15-24(33-2)31-35-17-21-3-7-22(8-4-21)26(27,28)29/h3-10,20H,11-18H2,1-2H3,(H,30,36). The highest BCUT2D eigenvalue weighted by atomic mass is 32.1. The van der Waals surface area contributed by atoms with E-state index in [-0.39, 0.29) is 6.61 Å². The van der Waals surface area contributed by atoms with E-state index in [2.05, 4.69) is 22.4 Å². The van der Waals surface area contributed by atoms with Crippen LogP contribution in [0.3, 0.4) is 0 Å². The van der Waals surface area contributed by atoms with Crippen molar-refractivity contribution >= 4 is 23.1 Å². The number of likely N-dealkylation sites (tertiary alicyclic amines) is 1. The topological polar surface area (TPSA) is 55.3 Å². The molecule has 0 radical (unpaired) electrons. The molecule has 1 aliphatic rings. The number of hydrogen-bond donors (Lipinski definition) is 1. The van der Waals surface area contributed by atoms with Crippen LogP contribution in [0.4, 0.5) is 13.2 Å². The average molecular weight is 524 g/mol. The van der Waals surface area contributed by atoms with Crippen LogP contribution in [0, 0.1) is 5.92 Å². The van der Waals surface area contributed by atoms with E-state index in [4.69, 9.17) is 26.5 Å². The van der Waals surface area contributed by atoms with Gasteiger partial charge in [-0.2, -0.15) is 13.2 Å². The van der Waals surface area contributed by atoms with Gasteiger partial charge in [-0.05, 0) is 74.3 Å². The lowest BCUT2D eigenvalue weighted by atomic mass is 9.97. The number of benzene rings is 2. The Labute approximate surface area is 215 Å². The van der Waals surface area contributed by atoms with E-state index >= 15 is 0 Å². The molecule has 0 unspecified atom stereocenters. The first kappa shape index (κ1) is 27.7. The Morgan fingerprint density at radius 1 is 1.06 bits per heavy atom. The van der Waals surface area contributed by atoms with E-state index in [1.165, 1.54) is 32.1 Å². The third-order valence-electron chi connectivity index (χ3n) is 5.99. The molecule has 10 heteroatoms. The molecule has 0 atom stereocenters. The van der Waals surface area contributed by atoms with Crippen LogP contribution in [0.5, 0.6) is 5.75 Å². The first-order chi connectivity index (χ1) is 17.2. The number of thiocarbonyl (C=S) groups is 1. The minimum atomic E-state index is -4.36. The van der Waals surface area contributed by atoms with Crippen LogP contribution in [0.25, 0.3) is 0 Å². The van der Waals surface area contributed by atoms with E-state index < -0.39 is 11.7 Å². The van der Waals surface area contributed by atoms with Crippen molar-refractivity contribution in [2.24, 2.45) is 11.1 Å². The number of ether oxygens (including phenoxy) is 2. The molecule has 1 heterocycles. The van der Waals surface area contributed by atoms with Crippen molar-refractivity contribution in [3.8, 4) is 5.75 Å². The normalized spacial score (nSPS) is 15.4. The predicted molar refractivity (Wildman–Crippen MR) is 137 cm³/mol. The number of nitrogens with one attached hydrogen (secondary N) is 1. The summed E-state index contributed by atoms with van der Waals surface area (Å²) >= 11 is 5.40. The van der Waals surface area contributed by atoms with Crippen LogP contribution >= 0.6 is 12.2 Å². The molecule has 0 amide bonds. The lowest BCUT2D eigenvalue weighted by Crippen LogP contribution is -2.37. The van der Waals surface area contributed by atoms with Gasteiger partial charge in [0.15, 0.2) is 0 Å². The highest BCUT2D eigenvalue weighted by Crippen LogP contribution is 2.29. The molecule has 3 rings (SSSR count). The summed E-state index contributed by atoms with van der Waals surface area (Å²) in [6.45, 7) is 3.49. The third-order valence-corrected chi connectivity index (χ3v) is 6.25. The van der Waals surface area contributed by atoms with Crippen LogP contribution in [-0.4, -0.2) is 56.2 Å². The van der Waals surface area contributed by atoms with Gasteiger partial charge in [0, 0.05) is 6.54 Å². The molecule has 0 spiro atoms. The number of halogens is 3. The summed E-state index contributed by atoms with van der Waals surface area (Å²) < 4.78 is 49.0. The van der Waals surface area contributed by atoms with Crippen LogP contribution in [0.2, 0.25) is 0 Å². The fraction of sp³-hybridized carbons (Fsp3) is 0.462. The highest BCUT2D eigenvalue weighted by molar-refractivity contribution is 7.80. The summed E-state index contributed by atoms with van der Waals surface area (Å²) in [5.74, 6) is 1.69. The van der Waals surface area contributed by atoms with E-state index in [1.54, 1.807) is 0 Å². The Bertz CT molecular complexity index is 990. The van der Waals surface area contributed by atoms with E-state index in [0.717, 1.165) is 37.3 Å². The second kappa shape index (κ2) is 13.5. The number of methoxy groups -OCH3 is 1. The zero-order chi connectivity index (χ0) is 26.0. The number of piperidine rings is 1. The third kappa shape index (κ3) is 9.31. The zero-order valence-corrected chi connectivity index (χ0v) is 21.3. The maximum atomic E-state index is 12.7. The molecule has 1 aliphatic heterocycles. The van der Waals surface area contributed by atoms with Gasteiger partial charge >= 0.3 is 6.18 Å². The smallest absolute Gasteiger partial charge is 0.416 e. The molecule has 0 saturated carbocycles. The van der Waals surface area contributed by atoms with Crippen molar-refractivity contribution in [2.45, 2.75) is 32.0 Å². The number of alkyl halides is 3. The molecule has 0 bridgehead atoms. The SMILES string of the molecule is COC(Cc1ccc(OCC(=S)NCC2CCN(C)CC2)cc1)=NOCc1ccc(C(F)(F)F)cc1. The van der Waals surface area contributed by atoms with Gasteiger partial charge in [0.1, 0.15) is 24.0 Å². The molecule has 1 fully saturated rings. The lowest BCUT2D eigenvalue weighted by molar-refractivity contribution is -0.137.